The lowest BCUT2D eigenvalue weighted by molar-refractivity contribution is -0.0557. The Balaban J connectivity index is 0.000000847. The van der Waals surface area contributed by atoms with Gasteiger partial charge >= 0.3 is 0 Å². The van der Waals surface area contributed by atoms with Crippen molar-refractivity contribution in [3.8, 4) is 0 Å². The maximum Gasteiger partial charge on any atom is -0.0162 e. The molecule has 1 aromatic rings. The molecule has 2 fully saturated rings. The van der Waals surface area contributed by atoms with Crippen LogP contribution in [0, 0.1) is 30.1 Å². The number of benzene rings is 1. The van der Waals surface area contributed by atoms with Gasteiger partial charge in [0, 0.05) is 0 Å². The van der Waals surface area contributed by atoms with Gasteiger partial charge in [0.15, 0.2) is 0 Å². The minimum Gasteiger partial charge on any atom is -0.0683 e. The predicted octanol–water partition coefficient (Wildman–Crippen LogP) is 6.98. The van der Waals surface area contributed by atoms with Gasteiger partial charge in [-0.25, -0.2) is 0 Å². The fraction of sp³-hybridized carbons (Fsp3) is 0.727. The highest BCUT2D eigenvalue weighted by atomic mass is 14.5. The van der Waals surface area contributed by atoms with Crippen molar-refractivity contribution in [2.24, 2.45) is 23.2 Å². The Hall–Kier alpha value is -0.780. The summed E-state index contributed by atoms with van der Waals surface area (Å²) in [4.78, 5) is 0. The zero-order valence-corrected chi connectivity index (χ0v) is 15.7. The molecule has 124 valence electrons. The van der Waals surface area contributed by atoms with Crippen molar-refractivity contribution in [2.45, 2.75) is 79.6 Å². The lowest BCUT2D eigenvalue weighted by Crippen LogP contribution is -2.47. The van der Waals surface area contributed by atoms with Gasteiger partial charge in [-0.15, -0.1) is 0 Å². The summed E-state index contributed by atoms with van der Waals surface area (Å²) in [5, 5.41) is 0. The molecule has 2 atom stereocenters. The number of hydrogen-bond donors (Lipinski definition) is 0. The van der Waals surface area contributed by atoms with Crippen LogP contribution < -0.4 is 0 Å². The molecule has 0 heterocycles. The van der Waals surface area contributed by atoms with Gasteiger partial charge in [-0.05, 0) is 73.7 Å². The first-order valence-corrected chi connectivity index (χ1v) is 9.54. The summed E-state index contributed by atoms with van der Waals surface area (Å²) in [7, 11) is 0. The van der Waals surface area contributed by atoms with Crippen LogP contribution in [-0.4, -0.2) is 0 Å². The summed E-state index contributed by atoms with van der Waals surface area (Å²) in [6, 6.07) is 9.27. The van der Waals surface area contributed by atoms with Crippen LogP contribution in [0.2, 0.25) is 0 Å². The van der Waals surface area contributed by atoms with Gasteiger partial charge in [0.25, 0.3) is 0 Å². The Bertz CT molecular complexity index is 445. The third kappa shape index (κ3) is 3.58. The van der Waals surface area contributed by atoms with Crippen LogP contribution in [0.1, 0.15) is 83.8 Å². The summed E-state index contributed by atoms with van der Waals surface area (Å²) in [6.45, 7) is 13.6. The van der Waals surface area contributed by atoms with Gasteiger partial charge in [0.1, 0.15) is 0 Å². The monoisotopic (exact) mass is 300 g/mol. The van der Waals surface area contributed by atoms with Crippen LogP contribution in [0.4, 0.5) is 0 Å². The maximum absolute atomic E-state index is 2.49. The first kappa shape index (κ1) is 17.6. The number of aryl methyl sites for hydroxylation is 1. The van der Waals surface area contributed by atoms with E-state index in [1.54, 1.807) is 5.56 Å². The van der Waals surface area contributed by atoms with E-state index in [4.69, 9.17) is 0 Å². The van der Waals surface area contributed by atoms with Crippen molar-refractivity contribution >= 4 is 0 Å². The van der Waals surface area contributed by atoms with Gasteiger partial charge < -0.3 is 0 Å². The zero-order valence-electron chi connectivity index (χ0n) is 15.7. The second-order valence-electron chi connectivity index (χ2n) is 8.22. The summed E-state index contributed by atoms with van der Waals surface area (Å²) in [5.41, 5.74) is 3.57. The summed E-state index contributed by atoms with van der Waals surface area (Å²) < 4.78 is 0. The van der Waals surface area contributed by atoms with Crippen LogP contribution in [0.3, 0.4) is 0 Å². The standard InChI is InChI=1S/C20H30.C2H6/c1-14-5-7-16(8-6-14)17-9-11-18(12-10-17)19-15(2)13-20(19,3)4;1-2/h5-8,15,17-19H,9-13H2,1-4H3;1-2H3. The molecule has 0 spiro atoms. The van der Waals surface area contributed by atoms with Gasteiger partial charge in [-0.1, -0.05) is 64.4 Å². The fourth-order valence-corrected chi connectivity index (χ4v) is 5.46. The molecule has 0 bridgehead atoms. The largest absolute Gasteiger partial charge is 0.0683 e. The van der Waals surface area contributed by atoms with Crippen LogP contribution in [0.5, 0.6) is 0 Å². The van der Waals surface area contributed by atoms with Crippen LogP contribution in [-0.2, 0) is 0 Å². The topological polar surface area (TPSA) is 0 Å². The lowest BCUT2D eigenvalue weighted by Gasteiger charge is -2.55. The normalized spacial score (nSPS) is 33.4. The third-order valence-corrected chi connectivity index (χ3v) is 6.19. The Morgan fingerprint density at radius 3 is 1.91 bits per heavy atom. The van der Waals surface area contributed by atoms with Crippen molar-refractivity contribution in [1.29, 1.82) is 0 Å². The van der Waals surface area contributed by atoms with E-state index in [1.165, 1.54) is 37.7 Å². The highest BCUT2D eigenvalue weighted by molar-refractivity contribution is 5.25. The average molecular weight is 301 g/mol. The molecule has 22 heavy (non-hydrogen) atoms. The van der Waals surface area contributed by atoms with Crippen molar-refractivity contribution in [1.82, 2.24) is 0 Å². The molecule has 0 saturated heterocycles. The molecular formula is C22H36. The Labute approximate surface area is 138 Å². The molecule has 0 aliphatic heterocycles. The molecule has 0 heteroatoms. The summed E-state index contributed by atoms with van der Waals surface area (Å²) in [5.74, 6) is 3.77. The Morgan fingerprint density at radius 1 is 0.909 bits per heavy atom. The van der Waals surface area contributed by atoms with Crippen molar-refractivity contribution in [3.63, 3.8) is 0 Å². The summed E-state index contributed by atoms with van der Waals surface area (Å²) >= 11 is 0. The fourth-order valence-electron chi connectivity index (χ4n) is 5.46. The molecule has 0 amide bonds. The Morgan fingerprint density at radius 2 is 1.45 bits per heavy atom. The molecule has 1 aromatic carbocycles. The first-order chi connectivity index (χ1) is 10.5. The van der Waals surface area contributed by atoms with E-state index in [2.05, 4.69) is 52.0 Å². The number of rotatable bonds is 2. The van der Waals surface area contributed by atoms with E-state index < -0.39 is 0 Å². The maximum atomic E-state index is 2.49. The minimum absolute atomic E-state index is 0.612. The van der Waals surface area contributed by atoms with E-state index in [0.29, 0.717) is 5.41 Å². The van der Waals surface area contributed by atoms with E-state index in [1.807, 2.05) is 13.8 Å². The summed E-state index contributed by atoms with van der Waals surface area (Å²) in [6.07, 6.45) is 7.17. The zero-order chi connectivity index (χ0) is 16.3. The van der Waals surface area contributed by atoms with Gasteiger partial charge in [0.2, 0.25) is 0 Å². The molecule has 0 N–H and O–H groups in total. The first-order valence-electron chi connectivity index (χ1n) is 9.54. The SMILES string of the molecule is CC.Cc1ccc(C2CCC(C3C(C)CC3(C)C)CC2)cc1. The van der Waals surface area contributed by atoms with E-state index >= 15 is 0 Å². The van der Waals surface area contributed by atoms with E-state index in [9.17, 15) is 0 Å². The molecule has 3 rings (SSSR count). The van der Waals surface area contributed by atoms with Crippen LogP contribution in [0.15, 0.2) is 24.3 Å². The van der Waals surface area contributed by atoms with Gasteiger partial charge in [0.05, 0.1) is 0 Å². The van der Waals surface area contributed by atoms with Crippen LogP contribution in [0.25, 0.3) is 0 Å². The van der Waals surface area contributed by atoms with E-state index in [-0.39, 0.29) is 0 Å². The van der Waals surface area contributed by atoms with Crippen molar-refractivity contribution in [3.05, 3.63) is 35.4 Å². The molecule has 2 unspecified atom stereocenters. The molecule has 0 radical (unpaired) electrons. The van der Waals surface area contributed by atoms with E-state index in [0.717, 1.165) is 23.7 Å². The van der Waals surface area contributed by atoms with Gasteiger partial charge in [-0.3, -0.25) is 0 Å². The quantitative estimate of drug-likeness (QED) is 0.553. The van der Waals surface area contributed by atoms with Crippen molar-refractivity contribution < 1.29 is 0 Å². The molecule has 2 aliphatic carbocycles. The molecule has 0 nitrogen and oxygen atoms in total. The van der Waals surface area contributed by atoms with Crippen LogP contribution >= 0.6 is 0 Å². The molecular weight excluding hydrogens is 264 g/mol. The second-order valence-corrected chi connectivity index (χ2v) is 8.22. The number of hydrogen-bond acceptors (Lipinski definition) is 0. The lowest BCUT2D eigenvalue weighted by atomic mass is 9.50. The third-order valence-electron chi connectivity index (χ3n) is 6.19. The van der Waals surface area contributed by atoms with Gasteiger partial charge in [-0.2, -0.15) is 0 Å². The predicted molar refractivity (Wildman–Crippen MR) is 98.3 cm³/mol. The minimum atomic E-state index is 0.612. The molecule has 0 aromatic heterocycles. The Kier molecular flexibility index (Phi) is 5.75. The molecule has 2 aliphatic rings. The van der Waals surface area contributed by atoms with Crippen molar-refractivity contribution in [2.75, 3.05) is 0 Å². The highest BCUT2D eigenvalue weighted by Gasteiger charge is 2.48. The highest BCUT2D eigenvalue weighted by Crippen LogP contribution is 2.57. The average Bonchev–Trinajstić information content (AvgIpc) is 2.50. The second kappa shape index (κ2) is 7.20. The smallest absolute Gasteiger partial charge is 0.0162 e. The molecule has 2 saturated carbocycles.